The van der Waals surface area contributed by atoms with Crippen molar-refractivity contribution < 1.29 is 14.6 Å². The smallest absolute Gasteiger partial charge is 0.276 e. The first-order valence-electron chi connectivity index (χ1n) is 5.55. The Labute approximate surface area is 101 Å². The summed E-state index contributed by atoms with van der Waals surface area (Å²) in [5, 5.41) is 9.60. The summed E-state index contributed by atoms with van der Waals surface area (Å²) in [4.78, 5) is 17.7. The molecule has 5 heteroatoms. The number of aromatic nitrogens is 1. The maximum atomic E-state index is 12.2. The number of pyridine rings is 1. The van der Waals surface area contributed by atoms with Crippen molar-refractivity contribution >= 4 is 5.91 Å². The van der Waals surface area contributed by atoms with E-state index >= 15 is 0 Å². The van der Waals surface area contributed by atoms with Crippen molar-refractivity contribution in [3.63, 3.8) is 0 Å². The highest BCUT2D eigenvalue weighted by atomic mass is 16.5. The minimum Gasteiger partial charge on any atom is -0.505 e. The van der Waals surface area contributed by atoms with Gasteiger partial charge in [0, 0.05) is 19.9 Å². The van der Waals surface area contributed by atoms with Gasteiger partial charge in [0.1, 0.15) is 5.75 Å². The van der Waals surface area contributed by atoms with Crippen LogP contribution in [0.5, 0.6) is 5.75 Å². The van der Waals surface area contributed by atoms with E-state index in [1.54, 1.807) is 18.1 Å². The van der Waals surface area contributed by atoms with Crippen molar-refractivity contribution in [2.75, 3.05) is 20.3 Å². The van der Waals surface area contributed by atoms with Crippen LogP contribution in [0.3, 0.4) is 0 Å². The zero-order valence-electron chi connectivity index (χ0n) is 10.4. The summed E-state index contributed by atoms with van der Waals surface area (Å²) in [6.45, 7) is 4.77. The summed E-state index contributed by atoms with van der Waals surface area (Å²) in [7, 11) is 1.59. The molecule has 1 N–H and O–H groups in total. The van der Waals surface area contributed by atoms with Gasteiger partial charge in [-0.05, 0) is 26.0 Å². The van der Waals surface area contributed by atoms with Gasteiger partial charge in [0.05, 0.1) is 12.6 Å². The van der Waals surface area contributed by atoms with Gasteiger partial charge in [-0.15, -0.1) is 0 Å². The Bertz CT molecular complexity index is 382. The summed E-state index contributed by atoms with van der Waals surface area (Å²) in [6, 6.07) is 2.98. The van der Waals surface area contributed by atoms with Gasteiger partial charge < -0.3 is 14.7 Å². The Morgan fingerprint density at radius 1 is 1.65 bits per heavy atom. The third kappa shape index (κ3) is 3.17. The van der Waals surface area contributed by atoms with E-state index in [0.717, 1.165) is 0 Å². The van der Waals surface area contributed by atoms with Crippen LogP contribution in [0.1, 0.15) is 24.3 Å². The van der Waals surface area contributed by atoms with Gasteiger partial charge >= 0.3 is 0 Å². The highest BCUT2D eigenvalue weighted by molar-refractivity contribution is 5.94. The van der Waals surface area contributed by atoms with Crippen LogP contribution >= 0.6 is 0 Å². The molecule has 1 rings (SSSR count). The first-order chi connectivity index (χ1) is 8.11. The minimum absolute atomic E-state index is 0.0566. The fourth-order valence-electron chi connectivity index (χ4n) is 1.68. The molecule has 0 bridgehead atoms. The number of carbonyl (C=O) groups is 1. The van der Waals surface area contributed by atoms with Crippen molar-refractivity contribution in [3.8, 4) is 5.75 Å². The molecule has 17 heavy (non-hydrogen) atoms. The molecule has 1 unspecified atom stereocenters. The average Bonchev–Trinajstić information content (AvgIpc) is 2.30. The fourth-order valence-corrected chi connectivity index (χ4v) is 1.68. The van der Waals surface area contributed by atoms with Gasteiger partial charge in [0.15, 0.2) is 5.69 Å². The fraction of sp³-hybridized carbons (Fsp3) is 0.500. The third-order valence-corrected chi connectivity index (χ3v) is 2.53. The second-order valence-corrected chi connectivity index (χ2v) is 3.77. The van der Waals surface area contributed by atoms with E-state index in [2.05, 4.69) is 4.98 Å². The topological polar surface area (TPSA) is 62.7 Å². The van der Waals surface area contributed by atoms with E-state index in [0.29, 0.717) is 13.2 Å². The molecule has 0 saturated carbocycles. The van der Waals surface area contributed by atoms with Gasteiger partial charge in [-0.2, -0.15) is 0 Å². The number of likely N-dealkylation sites (N-methyl/N-ethyl adjacent to an activating group) is 1. The Hall–Kier alpha value is -1.62. The summed E-state index contributed by atoms with van der Waals surface area (Å²) >= 11 is 0. The number of hydrogen-bond acceptors (Lipinski definition) is 4. The van der Waals surface area contributed by atoms with Gasteiger partial charge in [-0.3, -0.25) is 4.79 Å². The molecular formula is C12H18N2O3. The number of aromatic hydroxyl groups is 1. The zero-order chi connectivity index (χ0) is 12.8. The number of nitrogens with zero attached hydrogens (tertiary/aromatic N) is 2. The summed E-state index contributed by atoms with van der Waals surface area (Å²) < 4.78 is 5.03. The molecular weight excluding hydrogens is 220 g/mol. The standard InChI is InChI=1S/C12H18N2O3/c1-4-14(9(2)8-17-3)12(16)11-10(15)6-5-7-13-11/h5-7,9,15H,4,8H2,1-3H3. The predicted molar refractivity (Wildman–Crippen MR) is 64.0 cm³/mol. The Kier molecular flexibility index (Phi) is 4.90. The van der Waals surface area contributed by atoms with Crippen molar-refractivity contribution in [2.24, 2.45) is 0 Å². The Morgan fingerprint density at radius 3 is 2.88 bits per heavy atom. The second-order valence-electron chi connectivity index (χ2n) is 3.77. The van der Waals surface area contributed by atoms with E-state index in [1.165, 1.54) is 12.3 Å². The van der Waals surface area contributed by atoms with Crippen molar-refractivity contribution in [1.29, 1.82) is 0 Å². The van der Waals surface area contributed by atoms with E-state index < -0.39 is 0 Å². The molecule has 0 aromatic carbocycles. The average molecular weight is 238 g/mol. The quantitative estimate of drug-likeness (QED) is 0.839. The first-order valence-corrected chi connectivity index (χ1v) is 5.55. The molecule has 0 fully saturated rings. The summed E-state index contributed by atoms with van der Waals surface area (Å²) in [6.07, 6.45) is 1.49. The largest absolute Gasteiger partial charge is 0.505 e. The molecule has 1 aromatic heterocycles. The van der Waals surface area contributed by atoms with Crippen molar-refractivity contribution in [3.05, 3.63) is 24.0 Å². The number of ether oxygens (including phenoxy) is 1. The highest BCUT2D eigenvalue weighted by Crippen LogP contribution is 2.16. The zero-order valence-corrected chi connectivity index (χ0v) is 10.4. The summed E-state index contributed by atoms with van der Waals surface area (Å²) in [5.74, 6) is -0.379. The van der Waals surface area contributed by atoms with Crippen LogP contribution < -0.4 is 0 Å². The maximum absolute atomic E-state index is 12.2. The first kappa shape index (κ1) is 13.4. The second kappa shape index (κ2) is 6.20. The molecule has 0 aliphatic rings. The molecule has 5 nitrogen and oxygen atoms in total. The molecule has 94 valence electrons. The molecule has 1 heterocycles. The van der Waals surface area contributed by atoms with Crippen molar-refractivity contribution in [2.45, 2.75) is 19.9 Å². The molecule has 0 radical (unpaired) electrons. The van der Waals surface area contributed by atoms with Gasteiger partial charge in [-0.1, -0.05) is 0 Å². The van der Waals surface area contributed by atoms with E-state index in [1.807, 2.05) is 13.8 Å². The van der Waals surface area contributed by atoms with Gasteiger partial charge in [0.25, 0.3) is 5.91 Å². The van der Waals surface area contributed by atoms with Crippen LogP contribution in [0.4, 0.5) is 0 Å². The molecule has 1 amide bonds. The number of amides is 1. The third-order valence-electron chi connectivity index (χ3n) is 2.53. The number of hydrogen-bond donors (Lipinski definition) is 1. The molecule has 1 atom stereocenters. The van der Waals surface area contributed by atoms with Gasteiger partial charge in [-0.25, -0.2) is 4.98 Å². The van der Waals surface area contributed by atoms with Crippen LogP contribution in [0.15, 0.2) is 18.3 Å². The summed E-state index contributed by atoms with van der Waals surface area (Å²) in [5.41, 5.74) is 0.0808. The normalized spacial score (nSPS) is 12.2. The van der Waals surface area contributed by atoms with E-state index in [9.17, 15) is 9.90 Å². The number of methoxy groups -OCH3 is 1. The predicted octanol–water partition coefficient (Wildman–Crippen LogP) is 1.28. The molecule has 0 aliphatic carbocycles. The Morgan fingerprint density at radius 2 is 2.35 bits per heavy atom. The number of rotatable bonds is 5. The van der Waals surface area contributed by atoms with E-state index in [-0.39, 0.29) is 23.4 Å². The molecule has 0 aliphatic heterocycles. The monoisotopic (exact) mass is 238 g/mol. The lowest BCUT2D eigenvalue weighted by molar-refractivity contribution is 0.0570. The van der Waals surface area contributed by atoms with E-state index in [4.69, 9.17) is 4.74 Å². The van der Waals surface area contributed by atoms with Crippen LogP contribution in [0.25, 0.3) is 0 Å². The van der Waals surface area contributed by atoms with Crippen LogP contribution in [0.2, 0.25) is 0 Å². The lowest BCUT2D eigenvalue weighted by atomic mass is 10.2. The lowest BCUT2D eigenvalue weighted by Gasteiger charge is -2.27. The molecule has 0 saturated heterocycles. The minimum atomic E-state index is -0.282. The molecule has 0 spiro atoms. The van der Waals surface area contributed by atoms with Crippen LogP contribution in [-0.2, 0) is 4.74 Å². The maximum Gasteiger partial charge on any atom is 0.276 e. The SMILES string of the molecule is CCN(C(=O)c1ncccc1O)C(C)COC. The lowest BCUT2D eigenvalue weighted by Crippen LogP contribution is -2.41. The van der Waals surface area contributed by atoms with Crippen molar-refractivity contribution in [1.82, 2.24) is 9.88 Å². The highest BCUT2D eigenvalue weighted by Gasteiger charge is 2.23. The number of carbonyl (C=O) groups excluding carboxylic acids is 1. The van der Waals surface area contributed by atoms with Crippen LogP contribution in [0, 0.1) is 0 Å². The van der Waals surface area contributed by atoms with Gasteiger partial charge in [0.2, 0.25) is 0 Å². The Balaban J connectivity index is 2.90. The van der Waals surface area contributed by atoms with Crippen LogP contribution in [-0.4, -0.2) is 47.2 Å². The molecule has 1 aromatic rings.